The van der Waals surface area contributed by atoms with E-state index in [0.29, 0.717) is 18.7 Å². The summed E-state index contributed by atoms with van der Waals surface area (Å²) in [5, 5.41) is 5.97. The third-order valence-electron chi connectivity index (χ3n) is 3.07. The van der Waals surface area contributed by atoms with Gasteiger partial charge >= 0.3 is 0 Å². The third-order valence-corrected chi connectivity index (χ3v) is 3.07. The summed E-state index contributed by atoms with van der Waals surface area (Å²) >= 11 is 0. The minimum Gasteiger partial charge on any atom is -0.326 e. The molecule has 0 spiro atoms. The van der Waals surface area contributed by atoms with Gasteiger partial charge in [0.25, 0.3) is 0 Å². The molecule has 3 nitrogen and oxygen atoms in total. The summed E-state index contributed by atoms with van der Waals surface area (Å²) in [7, 11) is 0. The van der Waals surface area contributed by atoms with Crippen LogP contribution in [0, 0.1) is 12.7 Å². The van der Waals surface area contributed by atoms with Crippen molar-refractivity contribution in [2.24, 2.45) is 0 Å². The van der Waals surface area contributed by atoms with Crippen molar-refractivity contribution in [1.82, 2.24) is 5.32 Å². The second-order valence-electron chi connectivity index (χ2n) is 4.97. The van der Waals surface area contributed by atoms with Crippen LogP contribution in [0.25, 0.3) is 0 Å². The van der Waals surface area contributed by atoms with E-state index in [0.717, 1.165) is 6.54 Å². The highest BCUT2D eigenvalue weighted by atomic mass is 19.1. The molecule has 0 unspecified atom stereocenters. The van der Waals surface area contributed by atoms with Gasteiger partial charge in [0.05, 0.1) is 0 Å². The highest BCUT2D eigenvalue weighted by Gasteiger charge is 2.02. The Labute approximate surface area is 124 Å². The average molecular weight is 286 g/mol. The average Bonchev–Trinajstić information content (AvgIpc) is 2.46. The quantitative estimate of drug-likeness (QED) is 0.800. The molecular weight excluding hydrogens is 267 g/mol. The summed E-state index contributed by atoms with van der Waals surface area (Å²) in [6.45, 7) is 3.39. The molecule has 2 aromatic carbocycles. The first-order valence-electron chi connectivity index (χ1n) is 6.95. The topological polar surface area (TPSA) is 41.1 Å². The molecule has 0 aromatic heterocycles. The SMILES string of the molecule is Cc1cccc(CNCCC(=O)Nc2ccc(F)cc2)c1. The number of benzene rings is 2. The molecule has 4 heteroatoms. The maximum atomic E-state index is 12.7. The van der Waals surface area contributed by atoms with Crippen molar-refractivity contribution >= 4 is 11.6 Å². The van der Waals surface area contributed by atoms with Crippen LogP contribution in [0.4, 0.5) is 10.1 Å². The first-order valence-corrected chi connectivity index (χ1v) is 6.95. The van der Waals surface area contributed by atoms with Crippen molar-refractivity contribution in [1.29, 1.82) is 0 Å². The molecule has 0 radical (unpaired) electrons. The Morgan fingerprint density at radius 3 is 2.62 bits per heavy atom. The number of anilines is 1. The molecule has 2 N–H and O–H groups in total. The lowest BCUT2D eigenvalue weighted by atomic mass is 10.1. The molecular formula is C17H19FN2O. The first-order chi connectivity index (χ1) is 10.1. The lowest BCUT2D eigenvalue weighted by molar-refractivity contribution is -0.116. The molecule has 0 aliphatic carbocycles. The van der Waals surface area contributed by atoms with E-state index < -0.39 is 0 Å². The fourth-order valence-electron chi connectivity index (χ4n) is 2.01. The number of carbonyl (C=O) groups excluding carboxylic acids is 1. The smallest absolute Gasteiger partial charge is 0.225 e. The largest absolute Gasteiger partial charge is 0.326 e. The fourth-order valence-corrected chi connectivity index (χ4v) is 2.01. The second kappa shape index (κ2) is 7.55. The van der Waals surface area contributed by atoms with Crippen LogP contribution in [0.5, 0.6) is 0 Å². The fraction of sp³-hybridized carbons (Fsp3) is 0.235. The summed E-state index contributed by atoms with van der Waals surface area (Å²) in [5.74, 6) is -0.397. The zero-order valence-electron chi connectivity index (χ0n) is 12.0. The highest BCUT2D eigenvalue weighted by molar-refractivity contribution is 5.90. The minimum absolute atomic E-state index is 0.0849. The van der Waals surface area contributed by atoms with Gasteiger partial charge in [-0.3, -0.25) is 4.79 Å². The Morgan fingerprint density at radius 2 is 1.90 bits per heavy atom. The van der Waals surface area contributed by atoms with E-state index in [9.17, 15) is 9.18 Å². The monoisotopic (exact) mass is 286 g/mol. The Kier molecular flexibility index (Phi) is 5.46. The van der Waals surface area contributed by atoms with Crippen molar-refractivity contribution in [2.75, 3.05) is 11.9 Å². The second-order valence-corrected chi connectivity index (χ2v) is 4.97. The molecule has 21 heavy (non-hydrogen) atoms. The standard InChI is InChI=1S/C17H19FN2O/c1-13-3-2-4-14(11-13)12-19-10-9-17(21)20-16-7-5-15(18)6-8-16/h2-8,11,19H,9-10,12H2,1H3,(H,20,21). The first kappa shape index (κ1) is 15.2. The number of amides is 1. The summed E-state index contributed by atoms with van der Waals surface area (Å²) < 4.78 is 12.7. The van der Waals surface area contributed by atoms with E-state index in [2.05, 4.69) is 35.8 Å². The molecule has 0 aliphatic heterocycles. The van der Waals surface area contributed by atoms with Gasteiger partial charge in [-0.1, -0.05) is 29.8 Å². The molecule has 0 atom stereocenters. The maximum absolute atomic E-state index is 12.7. The van der Waals surface area contributed by atoms with E-state index in [1.165, 1.54) is 23.3 Å². The summed E-state index contributed by atoms with van der Waals surface area (Å²) in [5.41, 5.74) is 3.04. The Bertz CT molecular complexity index is 596. The molecule has 2 rings (SSSR count). The molecule has 0 aliphatic rings. The molecule has 0 saturated heterocycles. The van der Waals surface area contributed by atoms with Crippen LogP contribution in [-0.2, 0) is 11.3 Å². The van der Waals surface area contributed by atoms with Crippen LogP contribution in [-0.4, -0.2) is 12.5 Å². The zero-order chi connectivity index (χ0) is 15.1. The van der Waals surface area contributed by atoms with Gasteiger partial charge in [-0.15, -0.1) is 0 Å². The molecule has 0 bridgehead atoms. The number of aryl methyl sites for hydroxylation is 1. The van der Waals surface area contributed by atoms with Gasteiger partial charge in [0.15, 0.2) is 0 Å². The van der Waals surface area contributed by atoms with Crippen LogP contribution < -0.4 is 10.6 Å². The van der Waals surface area contributed by atoms with Crippen molar-refractivity contribution in [2.45, 2.75) is 19.9 Å². The molecule has 0 fully saturated rings. The summed E-state index contributed by atoms with van der Waals surface area (Å²) in [4.78, 5) is 11.7. The molecule has 0 saturated carbocycles. The van der Waals surface area contributed by atoms with Gasteiger partial charge in [0, 0.05) is 25.2 Å². The Morgan fingerprint density at radius 1 is 1.14 bits per heavy atom. The van der Waals surface area contributed by atoms with Gasteiger partial charge in [-0.25, -0.2) is 4.39 Å². The van der Waals surface area contributed by atoms with E-state index in [1.807, 2.05) is 6.07 Å². The normalized spacial score (nSPS) is 10.4. The third kappa shape index (κ3) is 5.36. The number of carbonyl (C=O) groups is 1. The lowest BCUT2D eigenvalue weighted by Crippen LogP contribution is -2.21. The van der Waals surface area contributed by atoms with E-state index in [1.54, 1.807) is 12.1 Å². The maximum Gasteiger partial charge on any atom is 0.225 e. The number of halogens is 1. The number of hydrogen-bond donors (Lipinski definition) is 2. The molecule has 1 amide bonds. The van der Waals surface area contributed by atoms with E-state index in [-0.39, 0.29) is 11.7 Å². The van der Waals surface area contributed by atoms with Gasteiger partial charge in [-0.05, 0) is 36.8 Å². The van der Waals surface area contributed by atoms with Crippen molar-refractivity contribution in [3.8, 4) is 0 Å². The van der Waals surface area contributed by atoms with Gasteiger partial charge in [-0.2, -0.15) is 0 Å². The zero-order valence-corrected chi connectivity index (χ0v) is 12.0. The molecule has 0 heterocycles. The summed E-state index contributed by atoms with van der Waals surface area (Å²) in [6.07, 6.45) is 0.378. The van der Waals surface area contributed by atoms with Crippen LogP contribution in [0.1, 0.15) is 17.5 Å². The summed E-state index contributed by atoms with van der Waals surface area (Å²) in [6, 6.07) is 14.0. The van der Waals surface area contributed by atoms with Gasteiger partial charge < -0.3 is 10.6 Å². The number of hydrogen-bond acceptors (Lipinski definition) is 2. The Balaban J connectivity index is 1.68. The molecule has 2 aromatic rings. The van der Waals surface area contributed by atoms with Crippen LogP contribution >= 0.6 is 0 Å². The van der Waals surface area contributed by atoms with E-state index >= 15 is 0 Å². The van der Waals surface area contributed by atoms with Gasteiger partial charge in [0.1, 0.15) is 5.82 Å². The van der Waals surface area contributed by atoms with Crippen LogP contribution in [0.2, 0.25) is 0 Å². The minimum atomic E-state index is -0.312. The predicted molar refractivity (Wildman–Crippen MR) is 82.5 cm³/mol. The predicted octanol–water partition coefficient (Wildman–Crippen LogP) is 3.25. The lowest BCUT2D eigenvalue weighted by Gasteiger charge is -2.07. The van der Waals surface area contributed by atoms with E-state index in [4.69, 9.17) is 0 Å². The van der Waals surface area contributed by atoms with Gasteiger partial charge in [0.2, 0.25) is 5.91 Å². The Hall–Kier alpha value is -2.20. The number of rotatable bonds is 6. The van der Waals surface area contributed by atoms with Crippen molar-refractivity contribution in [3.05, 3.63) is 65.5 Å². The van der Waals surface area contributed by atoms with Crippen LogP contribution in [0.15, 0.2) is 48.5 Å². The highest BCUT2D eigenvalue weighted by Crippen LogP contribution is 2.08. The van der Waals surface area contributed by atoms with Crippen LogP contribution in [0.3, 0.4) is 0 Å². The molecule has 110 valence electrons. The van der Waals surface area contributed by atoms with Crippen molar-refractivity contribution < 1.29 is 9.18 Å². The number of nitrogens with one attached hydrogen (secondary N) is 2. The van der Waals surface area contributed by atoms with Crippen molar-refractivity contribution in [3.63, 3.8) is 0 Å².